The molecular weight excluding hydrogens is 212 g/mol. The number of carbonyl (C=O) groups is 1. The molecule has 0 unspecified atom stereocenters. The van der Waals surface area contributed by atoms with Crippen LogP contribution >= 0.6 is 0 Å². The van der Waals surface area contributed by atoms with E-state index < -0.39 is 0 Å². The van der Waals surface area contributed by atoms with Crippen LogP contribution in [0, 0.1) is 11.3 Å². The monoisotopic (exact) mass is 238 g/mol. The van der Waals surface area contributed by atoms with Gasteiger partial charge in [-0.1, -0.05) is 13.8 Å². The van der Waals surface area contributed by atoms with E-state index in [1.807, 2.05) is 0 Å². The molecule has 1 saturated carbocycles. The summed E-state index contributed by atoms with van der Waals surface area (Å²) in [6.45, 7) is 6.40. The van der Waals surface area contributed by atoms with Gasteiger partial charge in [-0.2, -0.15) is 0 Å². The number of amides is 1. The molecule has 1 aliphatic heterocycles. The van der Waals surface area contributed by atoms with Gasteiger partial charge in [0.05, 0.1) is 0 Å². The van der Waals surface area contributed by atoms with Gasteiger partial charge in [0.1, 0.15) is 0 Å². The highest BCUT2D eigenvalue weighted by Gasteiger charge is 2.33. The first-order valence-electron chi connectivity index (χ1n) is 7.00. The predicted octanol–water partition coefficient (Wildman–Crippen LogP) is 2.15. The lowest BCUT2D eigenvalue weighted by atomic mass is 9.84. The molecule has 0 aromatic rings. The van der Waals surface area contributed by atoms with Crippen molar-refractivity contribution in [1.29, 1.82) is 0 Å². The fraction of sp³-hybridized carbons (Fsp3) is 0.929. The van der Waals surface area contributed by atoms with Gasteiger partial charge in [0.2, 0.25) is 5.91 Å². The average Bonchev–Trinajstić information content (AvgIpc) is 2.62. The van der Waals surface area contributed by atoms with E-state index in [1.165, 1.54) is 0 Å². The minimum Gasteiger partial charge on any atom is -0.342 e. The largest absolute Gasteiger partial charge is 0.342 e. The minimum absolute atomic E-state index is 0.324. The molecule has 17 heavy (non-hydrogen) atoms. The summed E-state index contributed by atoms with van der Waals surface area (Å²) in [5.41, 5.74) is 6.21. The Morgan fingerprint density at radius 2 is 1.94 bits per heavy atom. The van der Waals surface area contributed by atoms with Crippen molar-refractivity contribution < 1.29 is 4.79 Å². The van der Waals surface area contributed by atoms with Crippen molar-refractivity contribution in [3.05, 3.63) is 0 Å². The first kappa shape index (κ1) is 12.9. The molecule has 1 heterocycles. The Balaban J connectivity index is 1.78. The molecule has 3 nitrogen and oxygen atoms in total. The highest BCUT2D eigenvalue weighted by molar-refractivity contribution is 5.76. The van der Waals surface area contributed by atoms with Crippen molar-refractivity contribution in [2.75, 3.05) is 13.1 Å². The van der Waals surface area contributed by atoms with Gasteiger partial charge in [0.25, 0.3) is 0 Å². The Hall–Kier alpha value is -0.570. The van der Waals surface area contributed by atoms with Crippen molar-refractivity contribution in [3.8, 4) is 0 Å². The molecule has 2 N–H and O–H groups in total. The molecule has 0 atom stereocenters. The van der Waals surface area contributed by atoms with Crippen LogP contribution in [0.5, 0.6) is 0 Å². The fourth-order valence-corrected chi connectivity index (χ4v) is 3.09. The van der Waals surface area contributed by atoms with Crippen LogP contribution in [0.25, 0.3) is 0 Å². The zero-order valence-electron chi connectivity index (χ0n) is 11.2. The molecule has 1 aliphatic carbocycles. The van der Waals surface area contributed by atoms with Gasteiger partial charge in [-0.3, -0.25) is 4.79 Å². The Bertz CT molecular complexity index is 280. The topological polar surface area (TPSA) is 46.3 Å². The van der Waals surface area contributed by atoms with Gasteiger partial charge in [-0.05, 0) is 43.4 Å². The highest BCUT2D eigenvalue weighted by Crippen LogP contribution is 2.31. The zero-order valence-corrected chi connectivity index (χ0v) is 11.2. The molecule has 1 saturated heterocycles. The molecule has 1 amide bonds. The molecular formula is C14H26N2O. The lowest BCUT2D eigenvalue weighted by Crippen LogP contribution is -2.33. The van der Waals surface area contributed by atoms with E-state index in [1.54, 1.807) is 0 Å². The third-order valence-electron chi connectivity index (χ3n) is 4.38. The number of nitrogens with zero attached hydrogens (tertiary/aromatic N) is 1. The summed E-state index contributed by atoms with van der Waals surface area (Å²) < 4.78 is 0. The van der Waals surface area contributed by atoms with Crippen molar-refractivity contribution in [1.82, 2.24) is 4.90 Å². The van der Waals surface area contributed by atoms with Crippen LogP contribution < -0.4 is 5.73 Å². The maximum absolute atomic E-state index is 12.2. The molecule has 3 heteroatoms. The number of rotatable bonds is 2. The summed E-state index contributed by atoms with van der Waals surface area (Å²) in [5, 5.41) is 0. The maximum atomic E-state index is 12.2. The van der Waals surface area contributed by atoms with Crippen molar-refractivity contribution in [2.24, 2.45) is 17.1 Å². The van der Waals surface area contributed by atoms with Gasteiger partial charge in [-0.25, -0.2) is 0 Å². The van der Waals surface area contributed by atoms with Crippen LogP contribution in [0.4, 0.5) is 0 Å². The molecule has 2 fully saturated rings. The van der Waals surface area contributed by atoms with Crippen molar-refractivity contribution >= 4 is 5.91 Å². The van der Waals surface area contributed by atoms with E-state index in [-0.39, 0.29) is 0 Å². The summed E-state index contributed by atoms with van der Waals surface area (Å²) in [4.78, 5) is 14.2. The minimum atomic E-state index is 0.324. The van der Waals surface area contributed by atoms with E-state index in [4.69, 9.17) is 5.73 Å². The van der Waals surface area contributed by atoms with E-state index in [2.05, 4.69) is 18.7 Å². The predicted molar refractivity (Wildman–Crippen MR) is 69.5 cm³/mol. The second-order valence-corrected chi connectivity index (χ2v) is 6.71. The van der Waals surface area contributed by atoms with Crippen LogP contribution in [-0.4, -0.2) is 29.9 Å². The summed E-state index contributed by atoms with van der Waals surface area (Å²) in [6.07, 6.45) is 6.39. The van der Waals surface area contributed by atoms with Gasteiger partial charge in [0.15, 0.2) is 0 Å². The molecule has 0 spiro atoms. The molecule has 2 rings (SSSR count). The molecule has 0 aromatic carbocycles. The van der Waals surface area contributed by atoms with E-state index in [0.29, 0.717) is 23.3 Å². The highest BCUT2D eigenvalue weighted by atomic mass is 16.2. The first-order chi connectivity index (χ1) is 7.96. The fourth-order valence-electron chi connectivity index (χ4n) is 3.09. The lowest BCUT2D eigenvalue weighted by molar-refractivity contribution is -0.131. The van der Waals surface area contributed by atoms with Crippen LogP contribution in [-0.2, 0) is 4.79 Å². The number of carbonyl (C=O) groups excluding carboxylic acids is 1. The summed E-state index contributed by atoms with van der Waals surface area (Å²) in [6, 6.07) is 0.382. The number of hydrogen-bond donors (Lipinski definition) is 1. The summed E-state index contributed by atoms with van der Waals surface area (Å²) >= 11 is 0. The van der Waals surface area contributed by atoms with Crippen LogP contribution in [0.15, 0.2) is 0 Å². The average molecular weight is 238 g/mol. The Labute approximate surface area is 105 Å². The Morgan fingerprint density at radius 1 is 1.29 bits per heavy atom. The van der Waals surface area contributed by atoms with Gasteiger partial charge < -0.3 is 10.6 Å². The summed E-state index contributed by atoms with van der Waals surface area (Å²) in [7, 11) is 0. The normalized spacial score (nSPS) is 32.8. The molecule has 0 radical (unpaired) electrons. The van der Waals surface area contributed by atoms with Gasteiger partial charge >= 0.3 is 0 Å². The number of likely N-dealkylation sites (tertiary alicyclic amines) is 1. The molecule has 0 bridgehead atoms. The van der Waals surface area contributed by atoms with E-state index in [9.17, 15) is 4.79 Å². The molecule has 2 aliphatic rings. The Kier molecular flexibility index (Phi) is 3.76. The second-order valence-electron chi connectivity index (χ2n) is 6.71. The third-order valence-corrected chi connectivity index (χ3v) is 4.38. The standard InChI is InChI=1S/C14H26N2O/c1-14(2)7-8-16(10-14)13(17)9-11-3-5-12(15)6-4-11/h11-12H,3-10,15H2,1-2H3. The summed E-state index contributed by atoms with van der Waals surface area (Å²) in [5.74, 6) is 0.960. The van der Waals surface area contributed by atoms with E-state index in [0.717, 1.165) is 51.6 Å². The van der Waals surface area contributed by atoms with Crippen molar-refractivity contribution in [3.63, 3.8) is 0 Å². The SMILES string of the molecule is CC1(C)CCN(C(=O)CC2CCC(N)CC2)C1. The quantitative estimate of drug-likeness (QED) is 0.801. The van der Waals surface area contributed by atoms with E-state index >= 15 is 0 Å². The van der Waals surface area contributed by atoms with Crippen LogP contribution in [0.3, 0.4) is 0 Å². The number of nitrogens with two attached hydrogens (primary N) is 1. The zero-order chi connectivity index (χ0) is 12.5. The van der Waals surface area contributed by atoms with Crippen LogP contribution in [0.2, 0.25) is 0 Å². The first-order valence-corrected chi connectivity index (χ1v) is 7.00. The van der Waals surface area contributed by atoms with Gasteiger partial charge in [0, 0.05) is 25.6 Å². The van der Waals surface area contributed by atoms with Gasteiger partial charge in [-0.15, -0.1) is 0 Å². The number of hydrogen-bond acceptors (Lipinski definition) is 2. The molecule has 98 valence electrons. The maximum Gasteiger partial charge on any atom is 0.222 e. The molecule has 0 aromatic heterocycles. The Morgan fingerprint density at radius 3 is 2.47 bits per heavy atom. The third kappa shape index (κ3) is 3.44. The van der Waals surface area contributed by atoms with Crippen LogP contribution in [0.1, 0.15) is 52.4 Å². The lowest BCUT2D eigenvalue weighted by Gasteiger charge is -2.27. The smallest absolute Gasteiger partial charge is 0.222 e. The van der Waals surface area contributed by atoms with Crippen molar-refractivity contribution in [2.45, 2.75) is 58.4 Å². The second kappa shape index (κ2) is 4.97.